The fourth-order valence-electron chi connectivity index (χ4n) is 4.55. The normalized spacial score (nSPS) is 19.6. The van der Waals surface area contributed by atoms with E-state index in [1.54, 1.807) is 6.07 Å². The molecular formula is C23H25FN4O2. The molecule has 2 aromatic carbocycles. The summed E-state index contributed by atoms with van der Waals surface area (Å²) in [5.74, 6) is 1.46. The lowest BCUT2D eigenvalue weighted by molar-refractivity contribution is 0.255. The van der Waals surface area contributed by atoms with Crippen LogP contribution >= 0.6 is 0 Å². The molecule has 3 aliphatic heterocycles. The van der Waals surface area contributed by atoms with Gasteiger partial charge in [0.05, 0.1) is 11.4 Å². The summed E-state index contributed by atoms with van der Waals surface area (Å²) < 4.78 is 20.8. The van der Waals surface area contributed by atoms with E-state index in [1.807, 2.05) is 30.0 Å². The van der Waals surface area contributed by atoms with Crippen molar-refractivity contribution in [2.45, 2.75) is 25.7 Å². The minimum atomic E-state index is -0.236. The Morgan fingerprint density at radius 2 is 1.93 bits per heavy atom. The van der Waals surface area contributed by atoms with Gasteiger partial charge in [0, 0.05) is 5.56 Å². The summed E-state index contributed by atoms with van der Waals surface area (Å²) in [7, 11) is 2.13. The molecule has 3 heterocycles. The predicted molar refractivity (Wildman–Crippen MR) is 115 cm³/mol. The monoisotopic (exact) mass is 408 g/mol. The molecule has 2 aromatic rings. The van der Waals surface area contributed by atoms with Crippen molar-refractivity contribution in [1.29, 1.82) is 0 Å². The van der Waals surface area contributed by atoms with Crippen molar-refractivity contribution in [3.8, 4) is 16.9 Å². The van der Waals surface area contributed by atoms with E-state index in [0.717, 1.165) is 42.7 Å². The fourth-order valence-corrected chi connectivity index (χ4v) is 4.55. The Labute approximate surface area is 175 Å². The summed E-state index contributed by atoms with van der Waals surface area (Å²) in [6.45, 7) is 4.13. The Morgan fingerprint density at radius 1 is 1.17 bits per heavy atom. The minimum Gasteiger partial charge on any atom is -0.492 e. The van der Waals surface area contributed by atoms with Crippen molar-refractivity contribution in [2.24, 2.45) is 5.10 Å². The van der Waals surface area contributed by atoms with Gasteiger partial charge < -0.3 is 14.7 Å². The van der Waals surface area contributed by atoms with Crippen LogP contribution in [0, 0.1) is 5.82 Å². The smallest absolute Gasteiger partial charge is 0.225 e. The Balaban J connectivity index is 1.68. The van der Waals surface area contributed by atoms with E-state index in [2.05, 4.69) is 28.5 Å². The van der Waals surface area contributed by atoms with Crippen molar-refractivity contribution in [1.82, 2.24) is 10.3 Å². The van der Waals surface area contributed by atoms with Crippen molar-refractivity contribution >= 4 is 11.5 Å². The molecule has 0 amide bonds. The van der Waals surface area contributed by atoms with E-state index in [0.29, 0.717) is 28.8 Å². The number of rotatable bonds is 2. The molecular weight excluding hydrogens is 383 g/mol. The van der Waals surface area contributed by atoms with Gasteiger partial charge >= 0.3 is 0 Å². The molecule has 156 valence electrons. The van der Waals surface area contributed by atoms with Crippen molar-refractivity contribution < 1.29 is 14.2 Å². The molecule has 0 aromatic heterocycles. The lowest BCUT2D eigenvalue weighted by Gasteiger charge is -2.37. The Morgan fingerprint density at radius 3 is 2.70 bits per heavy atom. The van der Waals surface area contributed by atoms with Gasteiger partial charge in [0.25, 0.3) is 0 Å². The minimum absolute atomic E-state index is 0.0191. The van der Waals surface area contributed by atoms with Gasteiger partial charge in [-0.15, -0.1) is 0 Å². The maximum atomic E-state index is 14.8. The molecule has 2 N–H and O–H groups in total. The van der Waals surface area contributed by atoms with Crippen LogP contribution in [0.5, 0.6) is 5.75 Å². The van der Waals surface area contributed by atoms with E-state index in [9.17, 15) is 9.50 Å². The number of hydrazone groups is 1. The average molecular weight is 408 g/mol. The molecule has 0 radical (unpaired) electrons. The maximum Gasteiger partial charge on any atom is 0.225 e. The summed E-state index contributed by atoms with van der Waals surface area (Å²) in [5, 5.41) is 14.4. The zero-order chi connectivity index (χ0) is 20.8. The van der Waals surface area contributed by atoms with Crippen LogP contribution in [0.1, 0.15) is 31.2 Å². The highest BCUT2D eigenvalue weighted by atomic mass is 19.1. The van der Waals surface area contributed by atoms with E-state index in [1.165, 1.54) is 6.07 Å². The number of amidine groups is 1. The third-order valence-electron chi connectivity index (χ3n) is 6.28. The van der Waals surface area contributed by atoms with Crippen LogP contribution in [0.2, 0.25) is 0 Å². The number of aliphatic hydroxyl groups is 1. The second-order valence-electron chi connectivity index (χ2n) is 8.16. The number of halogens is 1. The van der Waals surface area contributed by atoms with Gasteiger partial charge in [-0.25, -0.2) is 9.82 Å². The standard InChI is InChI=1S/C23H25FN4O2/c1-14-23(29)26-25-22-13-30-21-12-18(16-5-3-4-6-19(16)24)17(11-20(21)28(14)22)15-7-9-27(2)10-8-15/h3-6,11-12,15,26,29H,7-10,13H2,1-2H3. The Bertz CT molecular complexity index is 1060. The summed E-state index contributed by atoms with van der Waals surface area (Å²) >= 11 is 0. The van der Waals surface area contributed by atoms with Crippen LogP contribution in [0.25, 0.3) is 11.1 Å². The second kappa shape index (κ2) is 7.32. The number of piperidine rings is 1. The number of allylic oxidation sites excluding steroid dienone is 1. The molecule has 0 atom stereocenters. The SMILES string of the molecule is CC1=C(O)NN=C2COc3cc(-c4ccccc4F)c(C4CCN(C)CC4)cc3N21. The number of hydrogen-bond acceptors (Lipinski definition) is 6. The summed E-state index contributed by atoms with van der Waals surface area (Å²) in [5.41, 5.74) is 6.71. The molecule has 6 nitrogen and oxygen atoms in total. The molecule has 7 heteroatoms. The third-order valence-corrected chi connectivity index (χ3v) is 6.28. The third kappa shape index (κ3) is 3.10. The lowest BCUT2D eigenvalue weighted by Crippen LogP contribution is -2.43. The summed E-state index contributed by atoms with van der Waals surface area (Å²) in [6, 6.07) is 11.0. The fraction of sp³-hybridized carbons (Fsp3) is 0.348. The van der Waals surface area contributed by atoms with Gasteiger partial charge in [0.1, 0.15) is 18.2 Å². The molecule has 3 aliphatic rings. The largest absolute Gasteiger partial charge is 0.492 e. The van der Waals surface area contributed by atoms with Crippen molar-refractivity contribution in [3.05, 3.63) is 59.4 Å². The predicted octanol–water partition coefficient (Wildman–Crippen LogP) is 4.16. The molecule has 0 spiro atoms. The van der Waals surface area contributed by atoms with Gasteiger partial charge in [0.15, 0.2) is 5.84 Å². The van der Waals surface area contributed by atoms with Gasteiger partial charge in [-0.1, -0.05) is 18.2 Å². The van der Waals surface area contributed by atoms with Gasteiger partial charge in [0.2, 0.25) is 5.88 Å². The second-order valence-corrected chi connectivity index (χ2v) is 8.16. The van der Waals surface area contributed by atoms with Crippen LogP contribution < -0.4 is 15.1 Å². The highest BCUT2D eigenvalue weighted by molar-refractivity contribution is 6.05. The Hall–Kier alpha value is -3.06. The number of likely N-dealkylation sites (tertiary alicyclic amines) is 1. The molecule has 1 saturated heterocycles. The number of hydrogen-bond donors (Lipinski definition) is 2. The van der Waals surface area contributed by atoms with Crippen molar-refractivity contribution in [3.63, 3.8) is 0 Å². The van der Waals surface area contributed by atoms with E-state index in [4.69, 9.17) is 4.74 Å². The first-order valence-electron chi connectivity index (χ1n) is 10.3. The molecule has 0 aliphatic carbocycles. The molecule has 5 rings (SSSR count). The first-order chi connectivity index (χ1) is 14.5. The van der Waals surface area contributed by atoms with Gasteiger partial charge in [-0.3, -0.25) is 4.90 Å². The molecule has 0 unspecified atom stereocenters. The number of nitrogens with one attached hydrogen (secondary N) is 1. The Kier molecular flexibility index (Phi) is 4.62. The van der Waals surface area contributed by atoms with Gasteiger partial charge in [-0.05, 0) is 75.1 Å². The van der Waals surface area contributed by atoms with E-state index in [-0.39, 0.29) is 18.3 Å². The highest BCUT2D eigenvalue weighted by Crippen LogP contribution is 2.45. The molecule has 0 saturated carbocycles. The maximum absolute atomic E-state index is 14.8. The van der Waals surface area contributed by atoms with Crippen LogP contribution in [0.15, 0.2) is 53.1 Å². The topological polar surface area (TPSA) is 60.3 Å². The molecule has 0 bridgehead atoms. The zero-order valence-corrected chi connectivity index (χ0v) is 17.2. The zero-order valence-electron chi connectivity index (χ0n) is 17.2. The van der Waals surface area contributed by atoms with Crippen LogP contribution in [-0.2, 0) is 0 Å². The van der Waals surface area contributed by atoms with Gasteiger partial charge in [-0.2, -0.15) is 5.10 Å². The number of aliphatic hydroxyl groups excluding tert-OH is 1. The molecule has 1 fully saturated rings. The summed E-state index contributed by atoms with van der Waals surface area (Å²) in [4.78, 5) is 4.25. The van der Waals surface area contributed by atoms with E-state index >= 15 is 0 Å². The summed E-state index contributed by atoms with van der Waals surface area (Å²) in [6.07, 6.45) is 2.03. The number of fused-ring (bicyclic) bond motifs is 3. The van der Waals surface area contributed by atoms with Crippen LogP contribution in [0.3, 0.4) is 0 Å². The number of benzene rings is 2. The quantitative estimate of drug-likeness (QED) is 0.781. The number of nitrogens with zero attached hydrogens (tertiary/aromatic N) is 3. The molecule has 30 heavy (non-hydrogen) atoms. The van der Waals surface area contributed by atoms with Crippen molar-refractivity contribution in [2.75, 3.05) is 31.6 Å². The first kappa shape index (κ1) is 18.9. The highest BCUT2D eigenvalue weighted by Gasteiger charge is 2.33. The van der Waals surface area contributed by atoms with E-state index < -0.39 is 0 Å². The average Bonchev–Trinajstić information content (AvgIpc) is 2.76. The number of ether oxygens (including phenoxy) is 1. The number of anilines is 1. The van der Waals surface area contributed by atoms with Crippen LogP contribution in [0.4, 0.5) is 10.1 Å². The first-order valence-corrected chi connectivity index (χ1v) is 10.3. The lowest BCUT2D eigenvalue weighted by atomic mass is 9.83. The van der Waals surface area contributed by atoms with Crippen LogP contribution in [-0.4, -0.2) is 42.6 Å².